The van der Waals surface area contributed by atoms with Gasteiger partial charge in [0.15, 0.2) is 0 Å². The molecule has 9 heteroatoms. The third-order valence-electron chi connectivity index (χ3n) is 4.97. The van der Waals surface area contributed by atoms with Gasteiger partial charge in [0.25, 0.3) is 11.8 Å². The molecular weight excluding hydrogens is 441 g/mol. The second-order valence-corrected chi connectivity index (χ2v) is 7.71. The van der Waals surface area contributed by atoms with Gasteiger partial charge >= 0.3 is 5.97 Å². The Morgan fingerprint density at radius 1 is 1.00 bits per heavy atom. The van der Waals surface area contributed by atoms with Crippen LogP contribution in [0.1, 0.15) is 42.3 Å². The van der Waals surface area contributed by atoms with Crippen LogP contribution in [0.3, 0.4) is 0 Å². The molecular formula is C22H17Cl2N3O4. The van der Waals surface area contributed by atoms with Gasteiger partial charge in [0.2, 0.25) is 0 Å². The zero-order valence-corrected chi connectivity index (χ0v) is 18.0. The summed E-state index contributed by atoms with van der Waals surface area (Å²) in [6, 6.07) is 13.8. The van der Waals surface area contributed by atoms with Crippen LogP contribution in [0.4, 0.5) is 0 Å². The minimum atomic E-state index is -0.676. The molecule has 0 bridgehead atoms. The maximum Gasteiger partial charge on any atom is 0.343 e. The molecule has 4 rings (SSSR count). The molecule has 7 nitrogen and oxygen atoms in total. The predicted octanol–water partition coefficient (Wildman–Crippen LogP) is 4.00. The fraction of sp³-hybridized carbons (Fsp3) is 0.182. The number of ether oxygens (including phenoxy) is 1. The van der Waals surface area contributed by atoms with Crippen LogP contribution < -0.4 is 0 Å². The molecule has 0 atom stereocenters. The molecule has 0 fully saturated rings. The minimum Gasteiger partial charge on any atom is -0.460 e. The van der Waals surface area contributed by atoms with Crippen molar-refractivity contribution in [3.8, 4) is 0 Å². The highest BCUT2D eigenvalue weighted by atomic mass is 35.5. The Hall–Kier alpha value is -3.16. The Morgan fingerprint density at radius 2 is 1.61 bits per heavy atom. The summed E-state index contributed by atoms with van der Waals surface area (Å²) in [6.07, 6.45) is 0. The van der Waals surface area contributed by atoms with Crippen molar-refractivity contribution in [1.29, 1.82) is 0 Å². The normalized spacial score (nSPS) is 12.9. The van der Waals surface area contributed by atoms with Gasteiger partial charge in [0.05, 0.1) is 29.9 Å². The molecule has 0 radical (unpaired) electrons. The highest BCUT2D eigenvalue weighted by Gasteiger charge is 2.35. The van der Waals surface area contributed by atoms with Gasteiger partial charge in [-0.1, -0.05) is 53.5 Å². The zero-order valence-electron chi connectivity index (χ0n) is 16.5. The first-order chi connectivity index (χ1) is 14.9. The fourth-order valence-corrected chi connectivity index (χ4v) is 3.93. The highest BCUT2D eigenvalue weighted by Crippen LogP contribution is 2.25. The van der Waals surface area contributed by atoms with Crippen molar-refractivity contribution in [2.45, 2.75) is 13.5 Å². The maximum atomic E-state index is 12.6. The van der Waals surface area contributed by atoms with E-state index in [1.807, 2.05) is 18.2 Å². The van der Waals surface area contributed by atoms with E-state index in [0.717, 1.165) is 10.5 Å². The van der Waals surface area contributed by atoms with Crippen LogP contribution in [-0.4, -0.2) is 45.6 Å². The topological polar surface area (TPSA) is 81.5 Å². The van der Waals surface area contributed by atoms with Crippen molar-refractivity contribution in [3.63, 3.8) is 0 Å². The molecule has 1 aromatic heterocycles. The SMILES string of the molecule is Cc1nn(Cc2ccccc2Cl)c(Cl)c1C(=O)OCCN1C(=O)c2ccccc2C1=O. The number of nitrogens with zero attached hydrogens (tertiary/aromatic N) is 3. The van der Waals surface area contributed by atoms with Crippen LogP contribution in [0.5, 0.6) is 0 Å². The van der Waals surface area contributed by atoms with Gasteiger partial charge in [-0.05, 0) is 30.7 Å². The van der Waals surface area contributed by atoms with Crippen LogP contribution >= 0.6 is 23.2 Å². The number of carbonyl (C=O) groups is 3. The van der Waals surface area contributed by atoms with Crippen LogP contribution in [0, 0.1) is 6.92 Å². The molecule has 158 valence electrons. The van der Waals surface area contributed by atoms with Gasteiger partial charge in [-0.25, -0.2) is 9.48 Å². The summed E-state index contributed by atoms with van der Waals surface area (Å²) in [5, 5.41) is 5.01. The molecule has 0 aliphatic carbocycles. The van der Waals surface area contributed by atoms with E-state index in [4.69, 9.17) is 27.9 Å². The predicted molar refractivity (Wildman–Crippen MR) is 115 cm³/mol. The number of fused-ring (bicyclic) bond motifs is 1. The Bertz CT molecular complexity index is 1170. The molecule has 0 saturated heterocycles. The molecule has 1 aliphatic heterocycles. The lowest BCUT2D eigenvalue weighted by atomic mass is 10.1. The van der Waals surface area contributed by atoms with Crippen molar-refractivity contribution in [1.82, 2.24) is 14.7 Å². The number of rotatable bonds is 6. The summed E-state index contributed by atoms with van der Waals surface area (Å²) < 4.78 is 6.76. The molecule has 3 aromatic rings. The molecule has 0 N–H and O–H groups in total. The number of imide groups is 1. The Kier molecular flexibility index (Phi) is 5.80. The summed E-state index contributed by atoms with van der Waals surface area (Å²) in [4.78, 5) is 38.4. The van der Waals surface area contributed by atoms with Gasteiger partial charge in [-0.15, -0.1) is 0 Å². The van der Waals surface area contributed by atoms with Crippen molar-refractivity contribution < 1.29 is 19.1 Å². The number of esters is 1. The Morgan fingerprint density at radius 3 is 2.26 bits per heavy atom. The number of carbonyl (C=O) groups excluding carboxylic acids is 3. The Balaban J connectivity index is 1.42. The van der Waals surface area contributed by atoms with E-state index < -0.39 is 17.8 Å². The lowest BCUT2D eigenvalue weighted by molar-refractivity contribution is 0.0420. The molecule has 0 spiro atoms. The second kappa shape index (κ2) is 8.53. The number of aryl methyl sites for hydroxylation is 1. The number of hydrogen-bond acceptors (Lipinski definition) is 5. The quantitative estimate of drug-likeness (QED) is 0.412. The highest BCUT2D eigenvalue weighted by molar-refractivity contribution is 6.33. The number of halogens is 2. The average molecular weight is 458 g/mol. The summed E-state index contributed by atoms with van der Waals surface area (Å²) in [6.45, 7) is 1.73. The van der Waals surface area contributed by atoms with E-state index in [-0.39, 0.29) is 23.9 Å². The minimum absolute atomic E-state index is 0.0531. The molecule has 2 heterocycles. The van der Waals surface area contributed by atoms with E-state index in [0.29, 0.717) is 28.4 Å². The monoisotopic (exact) mass is 457 g/mol. The van der Waals surface area contributed by atoms with Gasteiger partial charge in [-0.3, -0.25) is 14.5 Å². The first kappa shape index (κ1) is 21.1. The standard InChI is InChI=1S/C22H17Cl2N3O4/c1-13-18(19(24)27(25-13)12-14-6-2-5-9-17(14)23)22(30)31-11-10-26-20(28)15-7-3-4-8-16(15)21(26)29/h2-9H,10-12H2,1H3. The third-order valence-corrected chi connectivity index (χ3v) is 5.73. The third kappa shape index (κ3) is 3.94. The van der Waals surface area contributed by atoms with E-state index in [1.54, 1.807) is 37.3 Å². The zero-order chi connectivity index (χ0) is 22.1. The first-order valence-corrected chi connectivity index (χ1v) is 10.2. The summed E-state index contributed by atoms with van der Waals surface area (Å²) in [5.41, 5.74) is 2.04. The number of aromatic nitrogens is 2. The second-order valence-electron chi connectivity index (χ2n) is 6.94. The van der Waals surface area contributed by atoms with Crippen LogP contribution in [0.25, 0.3) is 0 Å². The largest absolute Gasteiger partial charge is 0.460 e. The average Bonchev–Trinajstić information content (AvgIpc) is 3.17. The molecule has 2 amide bonds. The van der Waals surface area contributed by atoms with Gasteiger partial charge in [0, 0.05) is 5.02 Å². The van der Waals surface area contributed by atoms with Gasteiger partial charge in [0.1, 0.15) is 17.3 Å². The van der Waals surface area contributed by atoms with Crippen LogP contribution in [-0.2, 0) is 11.3 Å². The molecule has 2 aromatic carbocycles. The van der Waals surface area contributed by atoms with Gasteiger partial charge < -0.3 is 4.74 Å². The maximum absolute atomic E-state index is 12.6. The number of benzene rings is 2. The van der Waals surface area contributed by atoms with Crippen LogP contribution in [0.15, 0.2) is 48.5 Å². The lowest BCUT2D eigenvalue weighted by Gasteiger charge is -2.13. The summed E-state index contributed by atoms with van der Waals surface area (Å²) in [7, 11) is 0. The summed E-state index contributed by atoms with van der Waals surface area (Å²) >= 11 is 12.6. The fourth-order valence-electron chi connectivity index (χ4n) is 3.42. The molecule has 0 unspecified atom stereocenters. The van der Waals surface area contributed by atoms with Crippen molar-refractivity contribution in [2.75, 3.05) is 13.2 Å². The lowest BCUT2D eigenvalue weighted by Crippen LogP contribution is -2.33. The van der Waals surface area contributed by atoms with E-state index in [1.165, 1.54) is 4.68 Å². The smallest absolute Gasteiger partial charge is 0.343 e. The van der Waals surface area contributed by atoms with E-state index >= 15 is 0 Å². The number of amides is 2. The molecule has 0 saturated carbocycles. The molecule has 1 aliphatic rings. The number of hydrogen-bond donors (Lipinski definition) is 0. The van der Waals surface area contributed by atoms with Gasteiger partial charge in [-0.2, -0.15) is 5.10 Å². The Labute approximate surface area is 188 Å². The summed E-state index contributed by atoms with van der Waals surface area (Å²) in [5.74, 6) is -1.48. The molecule has 31 heavy (non-hydrogen) atoms. The van der Waals surface area contributed by atoms with Crippen molar-refractivity contribution in [3.05, 3.63) is 86.7 Å². The van der Waals surface area contributed by atoms with Crippen LogP contribution in [0.2, 0.25) is 10.2 Å². The van der Waals surface area contributed by atoms with Crippen molar-refractivity contribution >= 4 is 41.0 Å². The van der Waals surface area contributed by atoms with E-state index in [9.17, 15) is 14.4 Å². The van der Waals surface area contributed by atoms with E-state index in [2.05, 4.69) is 5.10 Å². The van der Waals surface area contributed by atoms with Crippen molar-refractivity contribution in [2.24, 2.45) is 0 Å². The first-order valence-electron chi connectivity index (χ1n) is 9.47.